The average molecular weight is 200 g/mol. The largest absolute Gasteiger partial charge is 0.152 e. The first kappa shape index (κ1) is 8.37. The number of hydrogen-bond donors (Lipinski definition) is 0. The summed E-state index contributed by atoms with van der Waals surface area (Å²) in [6.45, 7) is 0. The Bertz CT molecular complexity index is 379. The fourth-order valence-corrected chi connectivity index (χ4v) is 3.16. The topological polar surface area (TPSA) is 0 Å². The molecule has 1 aliphatic heterocycles. The number of allylic oxidation sites excluding steroid dienone is 8. The number of thioether (sulfide) groups is 1. The zero-order valence-electron chi connectivity index (χ0n) is 7.99. The number of fused-ring (bicyclic) bond motifs is 3. The van der Waals surface area contributed by atoms with E-state index in [0.717, 1.165) is 6.42 Å². The van der Waals surface area contributed by atoms with E-state index in [-0.39, 0.29) is 0 Å². The zero-order chi connectivity index (χ0) is 9.38. The Labute approximate surface area is 88.8 Å². The molecule has 0 aromatic heterocycles. The van der Waals surface area contributed by atoms with Crippen LogP contribution in [0.2, 0.25) is 0 Å². The predicted octanol–water partition coefficient (Wildman–Crippen LogP) is 3.41. The van der Waals surface area contributed by atoms with Gasteiger partial charge in [0.05, 0.1) is 0 Å². The summed E-state index contributed by atoms with van der Waals surface area (Å²) >= 11 is 2.02. The Morgan fingerprint density at radius 3 is 2.00 bits per heavy atom. The third-order valence-electron chi connectivity index (χ3n) is 2.79. The summed E-state index contributed by atoms with van der Waals surface area (Å²) in [6, 6.07) is 0. The normalized spacial score (nSPS) is 24.0. The van der Waals surface area contributed by atoms with Gasteiger partial charge in [-0.25, -0.2) is 0 Å². The van der Waals surface area contributed by atoms with Crippen molar-refractivity contribution in [2.45, 2.75) is 6.42 Å². The smallest absolute Gasteiger partial charge is 0.0191 e. The lowest BCUT2D eigenvalue weighted by Gasteiger charge is -1.98. The molecule has 0 spiro atoms. The van der Waals surface area contributed by atoms with Crippen molar-refractivity contribution in [3.05, 3.63) is 58.7 Å². The lowest BCUT2D eigenvalue weighted by atomic mass is 10.1. The minimum atomic E-state index is 1.10. The maximum absolute atomic E-state index is 2.38. The highest BCUT2D eigenvalue weighted by Crippen LogP contribution is 2.35. The fraction of sp³-hybridized carbons (Fsp3) is 0.231. The van der Waals surface area contributed by atoms with Crippen molar-refractivity contribution in [3.8, 4) is 0 Å². The van der Waals surface area contributed by atoms with Gasteiger partial charge < -0.3 is 0 Å². The van der Waals surface area contributed by atoms with Crippen LogP contribution in [0.3, 0.4) is 0 Å². The SMILES string of the molecule is C1=CC=C2C=C3CSCC3=CC(=C1)C2. The summed E-state index contributed by atoms with van der Waals surface area (Å²) in [4.78, 5) is 0. The Balaban J connectivity index is 2.15. The van der Waals surface area contributed by atoms with Crippen molar-refractivity contribution in [3.63, 3.8) is 0 Å². The molecule has 1 heteroatoms. The molecule has 0 atom stereocenters. The second kappa shape index (κ2) is 3.32. The predicted molar refractivity (Wildman–Crippen MR) is 63.4 cm³/mol. The molecule has 1 saturated heterocycles. The van der Waals surface area contributed by atoms with Gasteiger partial charge in [0, 0.05) is 11.5 Å². The standard InChI is InChI=1S/C13H12S/c1-2-4-11-5-10(3-1)6-12-8-14-9-13(12)7-11/h1-4,6-7H,5,8-9H2. The van der Waals surface area contributed by atoms with Gasteiger partial charge in [0.15, 0.2) is 0 Å². The highest BCUT2D eigenvalue weighted by atomic mass is 32.2. The molecule has 0 nitrogen and oxygen atoms in total. The van der Waals surface area contributed by atoms with Gasteiger partial charge in [-0.15, -0.1) is 0 Å². The second-order valence-corrected chi connectivity index (χ2v) is 4.86. The minimum absolute atomic E-state index is 1.10. The van der Waals surface area contributed by atoms with Crippen LogP contribution < -0.4 is 0 Å². The maximum atomic E-state index is 2.38. The van der Waals surface area contributed by atoms with Gasteiger partial charge in [-0.2, -0.15) is 11.8 Å². The molecule has 14 heavy (non-hydrogen) atoms. The van der Waals surface area contributed by atoms with Crippen LogP contribution in [0, 0.1) is 0 Å². The van der Waals surface area contributed by atoms with Crippen molar-refractivity contribution in [2.75, 3.05) is 11.5 Å². The van der Waals surface area contributed by atoms with E-state index in [1.165, 1.54) is 22.7 Å². The van der Waals surface area contributed by atoms with E-state index in [2.05, 4.69) is 36.5 Å². The lowest BCUT2D eigenvalue weighted by molar-refractivity contribution is 1.22. The second-order valence-electron chi connectivity index (χ2n) is 3.88. The first-order chi connectivity index (χ1) is 6.92. The van der Waals surface area contributed by atoms with Crippen LogP contribution in [0.25, 0.3) is 0 Å². The summed E-state index contributed by atoms with van der Waals surface area (Å²) in [7, 11) is 0. The summed E-state index contributed by atoms with van der Waals surface area (Å²) in [5, 5.41) is 0. The first-order valence-electron chi connectivity index (χ1n) is 4.97. The third kappa shape index (κ3) is 1.42. The molecular formula is C13H12S. The monoisotopic (exact) mass is 200 g/mol. The number of rotatable bonds is 0. The molecule has 2 aliphatic carbocycles. The van der Waals surface area contributed by atoms with Gasteiger partial charge in [0.25, 0.3) is 0 Å². The van der Waals surface area contributed by atoms with Crippen LogP contribution in [0.5, 0.6) is 0 Å². The molecule has 0 aromatic rings. The van der Waals surface area contributed by atoms with Gasteiger partial charge in [-0.1, -0.05) is 36.5 Å². The van der Waals surface area contributed by atoms with E-state index >= 15 is 0 Å². The van der Waals surface area contributed by atoms with Crippen LogP contribution in [0.15, 0.2) is 58.7 Å². The molecule has 0 N–H and O–H groups in total. The fourth-order valence-electron chi connectivity index (χ4n) is 2.08. The molecule has 70 valence electrons. The van der Waals surface area contributed by atoms with Gasteiger partial charge >= 0.3 is 0 Å². The summed E-state index contributed by atoms with van der Waals surface area (Å²) < 4.78 is 0. The highest BCUT2D eigenvalue weighted by molar-refractivity contribution is 8.00. The molecule has 0 aromatic carbocycles. The molecule has 1 fully saturated rings. The van der Waals surface area contributed by atoms with Gasteiger partial charge in [0.1, 0.15) is 0 Å². The van der Waals surface area contributed by atoms with Crippen molar-refractivity contribution in [2.24, 2.45) is 0 Å². The number of hydrogen-bond acceptors (Lipinski definition) is 1. The summed E-state index contributed by atoms with van der Waals surface area (Å²) in [6.07, 6.45) is 14.6. The Kier molecular flexibility index (Phi) is 1.98. The Hall–Kier alpha value is -0.950. The molecule has 0 radical (unpaired) electrons. The quantitative estimate of drug-likeness (QED) is 0.577. The van der Waals surface area contributed by atoms with Gasteiger partial charge in [-0.05, 0) is 28.7 Å². The summed E-state index contributed by atoms with van der Waals surface area (Å²) in [5.74, 6) is 2.39. The highest BCUT2D eigenvalue weighted by Gasteiger charge is 2.17. The Morgan fingerprint density at radius 2 is 1.43 bits per heavy atom. The van der Waals surface area contributed by atoms with E-state index < -0.39 is 0 Å². The molecule has 1 heterocycles. The van der Waals surface area contributed by atoms with Crippen LogP contribution >= 0.6 is 11.8 Å². The van der Waals surface area contributed by atoms with E-state index in [0.29, 0.717) is 0 Å². The van der Waals surface area contributed by atoms with Crippen LogP contribution in [0.4, 0.5) is 0 Å². The third-order valence-corrected chi connectivity index (χ3v) is 3.82. The molecule has 3 aliphatic rings. The molecule has 3 rings (SSSR count). The average Bonchev–Trinajstić information content (AvgIpc) is 2.42. The zero-order valence-corrected chi connectivity index (χ0v) is 8.81. The molecule has 2 bridgehead atoms. The molecule has 0 unspecified atom stereocenters. The van der Waals surface area contributed by atoms with E-state index in [1.54, 1.807) is 11.1 Å². The van der Waals surface area contributed by atoms with E-state index in [4.69, 9.17) is 0 Å². The van der Waals surface area contributed by atoms with E-state index in [1.807, 2.05) is 11.8 Å². The van der Waals surface area contributed by atoms with Crippen LogP contribution in [0.1, 0.15) is 6.42 Å². The van der Waals surface area contributed by atoms with Crippen molar-refractivity contribution in [1.29, 1.82) is 0 Å². The molecule has 0 saturated carbocycles. The maximum Gasteiger partial charge on any atom is 0.0191 e. The first-order valence-corrected chi connectivity index (χ1v) is 6.13. The van der Waals surface area contributed by atoms with Crippen molar-refractivity contribution >= 4 is 11.8 Å². The minimum Gasteiger partial charge on any atom is -0.152 e. The van der Waals surface area contributed by atoms with Gasteiger partial charge in [0.2, 0.25) is 0 Å². The Morgan fingerprint density at radius 1 is 0.857 bits per heavy atom. The van der Waals surface area contributed by atoms with Crippen LogP contribution in [-0.4, -0.2) is 11.5 Å². The lowest BCUT2D eigenvalue weighted by Crippen LogP contribution is -1.83. The van der Waals surface area contributed by atoms with Crippen LogP contribution in [-0.2, 0) is 0 Å². The molecular weight excluding hydrogens is 188 g/mol. The molecule has 0 amide bonds. The van der Waals surface area contributed by atoms with Crippen molar-refractivity contribution in [1.82, 2.24) is 0 Å². The van der Waals surface area contributed by atoms with Gasteiger partial charge in [-0.3, -0.25) is 0 Å². The van der Waals surface area contributed by atoms with Crippen molar-refractivity contribution < 1.29 is 0 Å². The van der Waals surface area contributed by atoms with E-state index in [9.17, 15) is 0 Å². The summed E-state index contributed by atoms with van der Waals surface area (Å²) in [5.41, 5.74) is 5.99.